The van der Waals surface area contributed by atoms with Crippen LogP contribution in [0.15, 0.2) is 65.8 Å². The van der Waals surface area contributed by atoms with E-state index in [4.69, 9.17) is 21.6 Å². The van der Waals surface area contributed by atoms with Crippen molar-refractivity contribution in [3.63, 3.8) is 0 Å². The van der Waals surface area contributed by atoms with Gasteiger partial charge in [-0.05, 0) is 93.8 Å². The van der Waals surface area contributed by atoms with Gasteiger partial charge in [-0.25, -0.2) is 9.79 Å². The van der Waals surface area contributed by atoms with Crippen LogP contribution in [0, 0.1) is 11.3 Å². The molecule has 4 aromatic rings. The van der Waals surface area contributed by atoms with Crippen LogP contribution in [0.5, 0.6) is 5.75 Å². The Labute approximate surface area is 318 Å². The second kappa shape index (κ2) is 15.6. The van der Waals surface area contributed by atoms with E-state index >= 15 is 0 Å². The maximum Gasteiger partial charge on any atom is 0.328 e. The zero-order chi connectivity index (χ0) is 37.2. The molecule has 4 fully saturated rings. The molecule has 0 unspecified atom stereocenters. The summed E-state index contributed by atoms with van der Waals surface area (Å²) in [4.78, 5) is 48.1. The fraction of sp³-hybridized carbons (Fsp3) is 0.425. The quantitative estimate of drug-likeness (QED) is 0.230. The first-order valence-electron chi connectivity index (χ1n) is 18.8. The number of nitrogens with one attached hydrogen (secondary N) is 1. The highest BCUT2D eigenvalue weighted by molar-refractivity contribution is 6.31. The number of ether oxygens (including phenoxy) is 1. The number of halogens is 1. The van der Waals surface area contributed by atoms with Gasteiger partial charge in [0.2, 0.25) is 5.91 Å². The van der Waals surface area contributed by atoms with Crippen molar-refractivity contribution in [3.05, 3.63) is 77.1 Å². The maximum atomic E-state index is 12.9. The van der Waals surface area contributed by atoms with Crippen LogP contribution >= 0.6 is 11.6 Å². The summed E-state index contributed by atoms with van der Waals surface area (Å²) in [5.41, 5.74) is 3.46. The van der Waals surface area contributed by atoms with Gasteiger partial charge < -0.3 is 19.1 Å². The van der Waals surface area contributed by atoms with Crippen molar-refractivity contribution in [2.45, 2.75) is 76.0 Å². The number of anilines is 2. The Balaban J connectivity index is 0.797. The zero-order valence-electron chi connectivity index (χ0n) is 30.0. The summed E-state index contributed by atoms with van der Waals surface area (Å²) in [5.74, 6) is 0.814. The lowest BCUT2D eigenvalue weighted by molar-refractivity contribution is -0.120. The molecule has 1 saturated carbocycles. The monoisotopic (exact) mass is 747 g/mol. The molecule has 0 atom stereocenters. The SMILES string of the molecule is N#Cc1ccc(OC2CCC(=NC(=O)c3ccc(N4CCC(N5CCC(n6ccc7c(N8CCC(=O)NC8=O)cccc76)CC5)CC4)nn3)CC2)cc1Cl. The van der Waals surface area contributed by atoms with Crippen molar-refractivity contribution in [1.29, 1.82) is 5.26 Å². The molecule has 278 valence electrons. The topological polar surface area (TPSA) is 149 Å². The van der Waals surface area contributed by atoms with Gasteiger partial charge in [0, 0.05) is 74.6 Å². The van der Waals surface area contributed by atoms with E-state index in [1.54, 1.807) is 29.2 Å². The first-order chi connectivity index (χ1) is 26.3. The first kappa shape index (κ1) is 35.7. The number of likely N-dealkylation sites (tertiary alicyclic amines) is 1. The van der Waals surface area contributed by atoms with E-state index in [2.05, 4.69) is 59.3 Å². The van der Waals surface area contributed by atoms with Crippen molar-refractivity contribution >= 4 is 57.6 Å². The molecule has 4 aliphatic rings. The fourth-order valence-corrected chi connectivity index (χ4v) is 8.54. The summed E-state index contributed by atoms with van der Waals surface area (Å²) in [7, 11) is 0. The molecule has 2 aromatic carbocycles. The molecule has 3 aliphatic heterocycles. The maximum absolute atomic E-state index is 12.9. The molecule has 4 amide bonds. The number of hydrogen-bond acceptors (Lipinski definition) is 9. The van der Waals surface area contributed by atoms with Crippen molar-refractivity contribution in [2.24, 2.45) is 4.99 Å². The Morgan fingerprint density at radius 3 is 2.37 bits per heavy atom. The van der Waals surface area contributed by atoms with Crippen LogP contribution in [-0.2, 0) is 4.79 Å². The summed E-state index contributed by atoms with van der Waals surface area (Å²) in [5, 5.41) is 21.6. The Hall–Kier alpha value is -5.32. The Bertz CT molecular complexity index is 2120. The number of urea groups is 1. The highest BCUT2D eigenvalue weighted by atomic mass is 35.5. The fourth-order valence-electron chi connectivity index (χ4n) is 8.32. The molecule has 5 heterocycles. The van der Waals surface area contributed by atoms with Crippen LogP contribution in [0.1, 0.15) is 79.9 Å². The van der Waals surface area contributed by atoms with E-state index in [0.717, 1.165) is 92.8 Å². The third kappa shape index (κ3) is 7.54. The molecule has 1 N–H and O–H groups in total. The van der Waals surface area contributed by atoms with Gasteiger partial charge in [-0.15, -0.1) is 10.2 Å². The lowest BCUT2D eigenvalue weighted by Crippen LogP contribution is -2.49. The van der Waals surface area contributed by atoms with Crippen molar-refractivity contribution in [2.75, 3.05) is 42.5 Å². The number of nitriles is 1. The number of rotatable bonds is 7. The van der Waals surface area contributed by atoms with Gasteiger partial charge in [0.15, 0.2) is 11.5 Å². The minimum absolute atomic E-state index is 0.00829. The molecular weight excluding hydrogens is 706 g/mol. The first-order valence-corrected chi connectivity index (χ1v) is 19.2. The van der Waals surface area contributed by atoms with Crippen molar-refractivity contribution in [3.8, 4) is 11.8 Å². The van der Waals surface area contributed by atoms with Gasteiger partial charge in [0.25, 0.3) is 5.91 Å². The van der Waals surface area contributed by atoms with Gasteiger partial charge in [-0.1, -0.05) is 17.7 Å². The number of amides is 4. The zero-order valence-corrected chi connectivity index (χ0v) is 30.7. The van der Waals surface area contributed by atoms with E-state index in [1.165, 1.54) is 0 Å². The average molecular weight is 748 g/mol. The normalized spacial score (nSPS) is 20.5. The summed E-state index contributed by atoms with van der Waals surface area (Å²) >= 11 is 6.14. The molecule has 0 radical (unpaired) electrons. The second-order valence-electron chi connectivity index (χ2n) is 14.5. The molecule has 14 heteroatoms. The molecule has 2 aromatic heterocycles. The number of carbonyl (C=O) groups is 3. The van der Waals surface area contributed by atoms with Gasteiger partial charge in [0.05, 0.1) is 27.9 Å². The number of hydrogen-bond donors (Lipinski definition) is 1. The molecular formula is C40H42ClN9O4. The molecule has 0 bridgehead atoms. The van der Waals surface area contributed by atoms with Crippen molar-refractivity contribution in [1.82, 2.24) is 25.0 Å². The van der Waals surface area contributed by atoms with E-state index in [1.807, 2.05) is 18.2 Å². The van der Waals surface area contributed by atoms with Crippen LogP contribution in [0.3, 0.4) is 0 Å². The Morgan fingerprint density at radius 1 is 0.889 bits per heavy atom. The minimum Gasteiger partial charge on any atom is -0.490 e. The van der Waals surface area contributed by atoms with Gasteiger partial charge >= 0.3 is 6.03 Å². The third-order valence-corrected chi connectivity index (χ3v) is 11.6. The smallest absolute Gasteiger partial charge is 0.328 e. The van der Waals surface area contributed by atoms with E-state index in [-0.39, 0.29) is 29.6 Å². The van der Waals surface area contributed by atoms with Gasteiger partial charge in [0.1, 0.15) is 11.8 Å². The van der Waals surface area contributed by atoms with Crippen LogP contribution < -0.4 is 19.9 Å². The lowest BCUT2D eigenvalue weighted by Gasteiger charge is -2.42. The van der Waals surface area contributed by atoms with E-state index < -0.39 is 0 Å². The Morgan fingerprint density at radius 2 is 1.67 bits per heavy atom. The lowest BCUT2D eigenvalue weighted by atomic mass is 9.95. The third-order valence-electron chi connectivity index (χ3n) is 11.3. The van der Waals surface area contributed by atoms with E-state index in [0.29, 0.717) is 54.2 Å². The number of fused-ring (bicyclic) bond motifs is 1. The molecule has 54 heavy (non-hydrogen) atoms. The molecule has 0 spiro atoms. The van der Waals surface area contributed by atoms with Crippen LogP contribution in [0.4, 0.5) is 16.3 Å². The largest absolute Gasteiger partial charge is 0.490 e. The molecule has 1 aliphatic carbocycles. The summed E-state index contributed by atoms with van der Waals surface area (Å²) in [6, 6.07) is 19.4. The molecule has 8 rings (SSSR count). The van der Waals surface area contributed by atoms with Gasteiger partial charge in [-0.2, -0.15) is 5.26 Å². The average Bonchev–Trinajstić information content (AvgIpc) is 3.64. The number of nitrogens with zero attached hydrogens (tertiary/aromatic N) is 8. The number of benzene rings is 2. The number of piperidine rings is 2. The summed E-state index contributed by atoms with van der Waals surface area (Å²) in [6.45, 7) is 4.22. The minimum atomic E-state index is -0.371. The van der Waals surface area contributed by atoms with Crippen LogP contribution in [0.2, 0.25) is 5.02 Å². The number of aromatic nitrogens is 3. The van der Waals surface area contributed by atoms with Gasteiger partial charge in [-0.3, -0.25) is 19.8 Å². The van der Waals surface area contributed by atoms with Crippen molar-refractivity contribution < 1.29 is 19.1 Å². The highest BCUT2D eigenvalue weighted by Crippen LogP contribution is 2.35. The van der Waals surface area contributed by atoms with E-state index in [9.17, 15) is 14.4 Å². The standard InChI is InChI=1S/C40H42ClN9O4/c41-33-24-31(7-4-26(33)25-42)54-30-8-5-27(6-9-30)43-39(52)34-10-11-37(46-45-34)48-20-12-28(13-21-48)47-18-14-29(15-19-47)49-22-16-32-35(49)2-1-3-36(32)50-23-17-38(51)44-40(50)53/h1-4,7,10-11,16,22,24,28-30H,5-6,8-9,12-15,17-21,23H2,(H,44,51,53). The highest BCUT2D eigenvalue weighted by Gasteiger charge is 2.31. The number of aliphatic imine (C=N–C) groups is 1. The van der Waals surface area contributed by atoms with Crippen LogP contribution in [0.25, 0.3) is 10.9 Å². The molecule has 3 saturated heterocycles. The summed E-state index contributed by atoms with van der Waals surface area (Å²) in [6.07, 6.45) is 9.43. The predicted octanol–water partition coefficient (Wildman–Crippen LogP) is 6.31. The molecule has 13 nitrogen and oxygen atoms in total. The number of imide groups is 1. The predicted molar refractivity (Wildman–Crippen MR) is 205 cm³/mol. The Kier molecular flexibility index (Phi) is 10.3. The summed E-state index contributed by atoms with van der Waals surface area (Å²) < 4.78 is 8.42. The second-order valence-corrected chi connectivity index (χ2v) is 14.9. The number of carbonyl (C=O) groups excluding carboxylic acids is 3. The van der Waals surface area contributed by atoms with Crippen LogP contribution in [-0.4, -0.2) is 88.1 Å².